The third-order valence-electron chi connectivity index (χ3n) is 3.19. The van der Waals surface area contributed by atoms with Gasteiger partial charge in [0.15, 0.2) is 0 Å². The van der Waals surface area contributed by atoms with Gasteiger partial charge >= 0.3 is 0 Å². The molecular weight excluding hydrogens is 214 g/mol. The van der Waals surface area contributed by atoms with Crippen molar-refractivity contribution in [3.05, 3.63) is 18.2 Å². The fourth-order valence-corrected chi connectivity index (χ4v) is 2.06. The van der Waals surface area contributed by atoms with Crippen molar-refractivity contribution in [1.82, 2.24) is 14.9 Å². The third-order valence-corrected chi connectivity index (χ3v) is 3.19. The topological polar surface area (TPSA) is 39.1 Å². The fraction of sp³-hybridized carbons (Fsp3) is 0.769. The van der Waals surface area contributed by atoms with Gasteiger partial charge in [0.1, 0.15) is 0 Å². The Morgan fingerprint density at radius 3 is 2.94 bits per heavy atom. The molecule has 0 spiro atoms. The summed E-state index contributed by atoms with van der Waals surface area (Å²) in [6.45, 7) is 8.29. The Morgan fingerprint density at radius 1 is 1.47 bits per heavy atom. The molecule has 1 fully saturated rings. The van der Waals surface area contributed by atoms with Crippen LogP contribution in [0.3, 0.4) is 0 Å². The van der Waals surface area contributed by atoms with Crippen molar-refractivity contribution >= 4 is 0 Å². The number of ether oxygens (including phenoxy) is 1. The Balaban J connectivity index is 1.69. The van der Waals surface area contributed by atoms with Crippen molar-refractivity contribution in [2.45, 2.75) is 45.3 Å². The van der Waals surface area contributed by atoms with Gasteiger partial charge in [0.2, 0.25) is 0 Å². The van der Waals surface area contributed by atoms with Crippen molar-refractivity contribution in [1.29, 1.82) is 0 Å². The predicted molar refractivity (Wildman–Crippen MR) is 68.2 cm³/mol. The van der Waals surface area contributed by atoms with E-state index in [1.165, 1.54) is 5.69 Å². The first-order valence-electron chi connectivity index (χ1n) is 6.59. The van der Waals surface area contributed by atoms with Crippen LogP contribution >= 0.6 is 0 Å². The first-order valence-corrected chi connectivity index (χ1v) is 6.59. The number of nitrogens with one attached hydrogen (secondary N) is 1. The SMILES string of the molecule is CC(C)OCCCCn1cncc1C1CNC1. The number of hydrogen-bond acceptors (Lipinski definition) is 3. The average molecular weight is 237 g/mol. The van der Waals surface area contributed by atoms with Crippen LogP contribution in [0.1, 0.15) is 38.3 Å². The van der Waals surface area contributed by atoms with E-state index in [0.29, 0.717) is 12.0 Å². The molecule has 1 aromatic heterocycles. The second kappa shape index (κ2) is 6.17. The summed E-state index contributed by atoms with van der Waals surface area (Å²) in [6, 6.07) is 0. The molecule has 0 radical (unpaired) electrons. The van der Waals surface area contributed by atoms with Crippen LogP contribution in [0.25, 0.3) is 0 Å². The number of aryl methyl sites for hydroxylation is 1. The maximum Gasteiger partial charge on any atom is 0.0948 e. The van der Waals surface area contributed by atoms with Crippen molar-refractivity contribution < 1.29 is 4.74 Å². The van der Waals surface area contributed by atoms with Crippen LogP contribution in [0.2, 0.25) is 0 Å². The highest BCUT2D eigenvalue weighted by molar-refractivity contribution is 5.11. The number of nitrogens with zero attached hydrogens (tertiary/aromatic N) is 2. The largest absolute Gasteiger partial charge is 0.379 e. The molecule has 0 saturated carbocycles. The van der Waals surface area contributed by atoms with E-state index in [-0.39, 0.29) is 0 Å². The lowest BCUT2D eigenvalue weighted by Gasteiger charge is -2.27. The lowest BCUT2D eigenvalue weighted by Crippen LogP contribution is -2.40. The summed E-state index contributed by atoms with van der Waals surface area (Å²) >= 11 is 0. The standard InChI is InChI=1S/C13H23N3O/c1-11(2)17-6-4-3-5-16-10-15-9-13(16)12-7-14-8-12/h9-12,14H,3-8H2,1-2H3. The second-order valence-corrected chi connectivity index (χ2v) is 4.99. The Bertz CT molecular complexity index is 331. The van der Waals surface area contributed by atoms with E-state index >= 15 is 0 Å². The van der Waals surface area contributed by atoms with Crippen LogP contribution in [0.5, 0.6) is 0 Å². The summed E-state index contributed by atoms with van der Waals surface area (Å²) in [7, 11) is 0. The first kappa shape index (κ1) is 12.6. The van der Waals surface area contributed by atoms with E-state index in [9.17, 15) is 0 Å². The van der Waals surface area contributed by atoms with Gasteiger partial charge in [0.05, 0.1) is 12.4 Å². The van der Waals surface area contributed by atoms with Gasteiger partial charge in [-0.25, -0.2) is 4.98 Å². The molecule has 0 unspecified atom stereocenters. The molecule has 0 aliphatic carbocycles. The molecule has 17 heavy (non-hydrogen) atoms. The maximum absolute atomic E-state index is 5.54. The normalized spacial score (nSPS) is 16.4. The minimum absolute atomic E-state index is 0.347. The number of unbranched alkanes of at least 4 members (excludes halogenated alkanes) is 1. The molecule has 4 nitrogen and oxygen atoms in total. The Labute approximate surface area is 103 Å². The number of aromatic nitrogens is 2. The smallest absolute Gasteiger partial charge is 0.0948 e. The van der Waals surface area contributed by atoms with Gasteiger partial charge in [-0.05, 0) is 26.7 Å². The van der Waals surface area contributed by atoms with E-state index in [2.05, 4.69) is 28.7 Å². The summed E-state index contributed by atoms with van der Waals surface area (Å²) in [6.07, 6.45) is 6.60. The lowest BCUT2D eigenvalue weighted by atomic mass is 10.00. The molecule has 4 heteroatoms. The molecule has 2 heterocycles. The molecule has 1 aromatic rings. The molecule has 0 amide bonds. The number of rotatable bonds is 7. The van der Waals surface area contributed by atoms with E-state index in [0.717, 1.165) is 39.1 Å². The fourth-order valence-electron chi connectivity index (χ4n) is 2.06. The van der Waals surface area contributed by atoms with Gasteiger partial charge in [0.25, 0.3) is 0 Å². The minimum Gasteiger partial charge on any atom is -0.379 e. The summed E-state index contributed by atoms with van der Waals surface area (Å²) in [5, 5.41) is 3.30. The van der Waals surface area contributed by atoms with Crippen LogP contribution in [-0.4, -0.2) is 35.4 Å². The van der Waals surface area contributed by atoms with E-state index in [1.54, 1.807) is 0 Å². The zero-order valence-corrected chi connectivity index (χ0v) is 10.9. The summed E-state index contributed by atoms with van der Waals surface area (Å²) in [4.78, 5) is 4.26. The molecule has 1 aliphatic rings. The monoisotopic (exact) mass is 237 g/mol. The number of imidazole rings is 1. The van der Waals surface area contributed by atoms with Crippen molar-refractivity contribution in [2.24, 2.45) is 0 Å². The van der Waals surface area contributed by atoms with E-state index < -0.39 is 0 Å². The third kappa shape index (κ3) is 3.54. The van der Waals surface area contributed by atoms with Gasteiger partial charge in [-0.3, -0.25) is 0 Å². The summed E-state index contributed by atoms with van der Waals surface area (Å²) in [5.74, 6) is 0.671. The highest BCUT2D eigenvalue weighted by Gasteiger charge is 2.21. The maximum atomic E-state index is 5.54. The Hall–Kier alpha value is -0.870. The molecule has 96 valence electrons. The summed E-state index contributed by atoms with van der Waals surface area (Å²) < 4.78 is 7.83. The van der Waals surface area contributed by atoms with Crippen LogP contribution in [0, 0.1) is 0 Å². The van der Waals surface area contributed by atoms with Gasteiger partial charge in [0, 0.05) is 44.0 Å². The predicted octanol–water partition coefficient (Wildman–Crippen LogP) is 1.78. The van der Waals surface area contributed by atoms with Crippen molar-refractivity contribution in [3.63, 3.8) is 0 Å². The lowest BCUT2D eigenvalue weighted by molar-refractivity contribution is 0.0754. The van der Waals surface area contributed by atoms with Crippen LogP contribution < -0.4 is 5.32 Å². The molecule has 0 atom stereocenters. The molecule has 1 aliphatic heterocycles. The number of hydrogen-bond donors (Lipinski definition) is 1. The van der Waals surface area contributed by atoms with Crippen LogP contribution in [-0.2, 0) is 11.3 Å². The zero-order valence-electron chi connectivity index (χ0n) is 10.9. The van der Waals surface area contributed by atoms with E-state index in [4.69, 9.17) is 4.74 Å². The van der Waals surface area contributed by atoms with Gasteiger partial charge in [-0.2, -0.15) is 0 Å². The highest BCUT2D eigenvalue weighted by Crippen LogP contribution is 2.19. The minimum atomic E-state index is 0.347. The van der Waals surface area contributed by atoms with Crippen LogP contribution in [0.4, 0.5) is 0 Å². The van der Waals surface area contributed by atoms with Gasteiger partial charge in [-0.1, -0.05) is 0 Å². The molecule has 0 aromatic carbocycles. The van der Waals surface area contributed by atoms with Gasteiger partial charge in [-0.15, -0.1) is 0 Å². The molecule has 1 saturated heterocycles. The summed E-state index contributed by atoms with van der Waals surface area (Å²) in [5.41, 5.74) is 1.38. The zero-order chi connectivity index (χ0) is 12.1. The second-order valence-electron chi connectivity index (χ2n) is 4.99. The molecule has 1 N–H and O–H groups in total. The highest BCUT2D eigenvalue weighted by atomic mass is 16.5. The molecule has 2 rings (SSSR count). The van der Waals surface area contributed by atoms with Crippen molar-refractivity contribution in [2.75, 3.05) is 19.7 Å². The van der Waals surface area contributed by atoms with E-state index in [1.807, 2.05) is 12.5 Å². The quantitative estimate of drug-likeness (QED) is 0.735. The van der Waals surface area contributed by atoms with Gasteiger partial charge < -0.3 is 14.6 Å². The Morgan fingerprint density at radius 2 is 2.29 bits per heavy atom. The molecule has 0 bridgehead atoms. The van der Waals surface area contributed by atoms with Crippen LogP contribution in [0.15, 0.2) is 12.5 Å². The Kier molecular flexibility index (Phi) is 4.57. The molecular formula is C13H23N3O. The first-order chi connectivity index (χ1) is 8.27. The average Bonchev–Trinajstić information content (AvgIpc) is 2.63. The van der Waals surface area contributed by atoms with Crippen molar-refractivity contribution in [3.8, 4) is 0 Å².